The number of benzene rings is 2. The van der Waals surface area contributed by atoms with E-state index >= 15 is 0 Å². The lowest BCUT2D eigenvalue weighted by Gasteiger charge is -2.28. The van der Waals surface area contributed by atoms with Crippen LogP contribution in [-0.2, 0) is 0 Å². The number of carbonyl (C=O) groups is 1. The number of aliphatic hydroxyl groups excluding tert-OH is 1. The molecule has 1 aromatic heterocycles. The van der Waals surface area contributed by atoms with Gasteiger partial charge in [0.15, 0.2) is 0 Å². The summed E-state index contributed by atoms with van der Waals surface area (Å²) in [5, 5.41) is 16.5. The summed E-state index contributed by atoms with van der Waals surface area (Å²) >= 11 is 0. The van der Waals surface area contributed by atoms with Crippen LogP contribution in [0, 0.1) is 6.92 Å². The third-order valence-corrected chi connectivity index (χ3v) is 5.63. The first-order valence-corrected chi connectivity index (χ1v) is 10.0. The van der Waals surface area contributed by atoms with E-state index in [0.717, 1.165) is 33.7 Å². The van der Waals surface area contributed by atoms with Gasteiger partial charge in [0.1, 0.15) is 5.75 Å². The van der Waals surface area contributed by atoms with Gasteiger partial charge in [-0.05, 0) is 54.3 Å². The monoisotopic (exact) mass is 406 g/mol. The molecule has 0 radical (unpaired) electrons. The standard InChI is InChI=1S/C23H26N4O3/c1-16-12-19(6-7-21(16)18-14-24-25-15-18)26-9-10-27(23(26)29)22(8-11-28)17-4-3-5-20(13-17)30-2/h3-7,12-15,22,28H,8-11H2,1-2H3,(H,24,25). The van der Waals surface area contributed by atoms with Crippen molar-refractivity contribution in [2.45, 2.75) is 19.4 Å². The van der Waals surface area contributed by atoms with Crippen molar-refractivity contribution in [2.75, 3.05) is 31.7 Å². The molecule has 7 nitrogen and oxygen atoms in total. The van der Waals surface area contributed by atoms with Gasteiger partial charge in [0.2, 0.25) is 0 Å². The van der Waals surface area contributed by atoms with Crippen molar-refractivity contribution in [2.24, 2.45) is 0 Å². The molecule has 0 saturated carbocycles. The number of hydrogen-bond donors (Lipinski definition) is 2. The number of nitrogens with zero attached hydrogens (tertiary/aromatic N) is 3. The molecule has 2 N–H and O–H groups in total. The predicted octanol–water partition coefficient (Wildman–Crippen LogP) is 3.76. The van der Waals surface area contributed by atoms with Crippen LogP contribution in [0.5, 0.6) is 5.75 Å². The van der Waals surface area contributed by atoms with Crippen LogP contribution >= 0.6 is 0 Å². The van der Waals surface area contributed by atoms with Gasteiger partial charge in [-0.1, -0.05) is 18.2 Å². The van der Waals surface area contributed by atoms with Crippen molar-refractivity contribution >= 4 is 11.7 Å². The molecule has 2 aromatic carbocycles. The molecule has 0 spiro atoms. The number of methoxy groups -OCH3 is 1. The zero-order valence-corrected chi connectivity index (χ0v) is 17.2. The Morgan fingerprint density at radius 2 is 2.10 bits per heavy atom. The highest BCUT2D eigenvalue weighted by Crippen LogP contribution is 2.33. The van der Waals surface area contributed by atoms with Gasteiger partial charge < -0.3 is 14.7 Å². The van der Waals surface area contributed by atoms with Gasteiger partial charge in [-0.25, -0.2) is 4.79 Å². The highest BCUT2D eigenvalue weighted by molar-refractivity contribution is 5.95. The summed E-state index contributed by atoms with van der Waals surface area (Å²) in [7, 11) is 1.62. The number of carbonyl (C=O) groups excluding carboxylic acids is 1. The lowest BCUT2D eigenvalue weighted by molar-refractivity contribution is 0.179. The van der Waals surface area contributed by atoms with Crippen LogP contribution in [0.25, 0.3) is 11.1 Å². The number of anilines is 1. The maximum Gasteiger partial charge on any atom is 0.325 e. The summed E-state index contributed by atoms with van der Waals surface area (Å²) < 4.78 is 5.34. The Hall–Kier alpha value is -3.32. The highest BCUT2D eigenvalue weighted by atomic mass is 16.5. The SMILES string of the molecule is COc1cccc(C(CCO)N2CCN(c3ccc(-c4cn[nH]c4)c(C)c3)C2=O)c1. The molecule has 7 heteroatoms. The third-order valence-electron chi connectivity index (χ3n) is 5.63. The molecule has 4 rings (SSSR count). The van der Waals surface area contributed by atoms with Gasteiger partial charge in [-0.3, -0.25) is 10.00 Å². The van der Waals surface area contributed by atoms with Crippen LogP contribution in [0.1, 0.15) is 23.6 Å². The second kappa shape index (κ2) is 8.59. The lowest BCUT2D eigenvalue weighted by Crippen LogP contribution is -2.35. The van der Waals surface area contributed by atoms with Gasteiger partial charge in [0, 0.05) is 37.1 Å². The van der Waals surface area contributed by atoms with Crippen molar-refractivity contribution in [3.63, 3.8) is 0 Å². The van der Waals surface area contributed by atoms with E-state index in [2.05, 4.69) is 10.2 Å². The highest BCUT2D eigenvalue weighted by Gasteiger charge is 2.35. The molecule has 2 heterocycles. The van der Waals surface area contributed by atoms with Gasteiger partial charge in [-0.15, -0.1) is 0 Å². The molecule has 0 bridgehead atoms. The van der Waals surface area contributed by atoms with Gasteiger partial charge in [0.05, 0.1) is 19.3 Å². The second-order valence-electron chi connectivity index (χ2n) is 7.42. The summed E-state index contributed by atoms with van der Waals surface area (Å²) in [5.74, 6) is 0.740. The second-order valence-corrected chi connectivity index (χ2v) is 7.42. The van der Waals surface area contributed by atoms with E-state index < -0.39 is 0 Å². The Bertz CT molecular complexity index is 1020. The Balaban J connectivity index is 1.58. The molecule has 1 aliphatic heterocycles. The molecule has 1 saturated heterocycles. The minimum absolute atomic E-state index is 0.00413. The van der Waals surface area contributed by atoms with Crippen molar-refractivity contribution in [1.82, 2.24) is 15.1 Å². The Labute approximate surface area is 175 Å². The minimum atomic E-state index is -0.200. The molecule has 1 unspecified atom stereocenters. The van der Waals surface area contributed by atoms with Crippen LogP contribution < -0.4 is 9.64 Å². The molecule has 1 aliphatic rings. The number of nitrogens with one attached hydrogen (secondary N) is 1. The Morgan fingerprint density at radius 3 is 2.80 bits per heavy atom. The number of urea groups is 1. The summed E-state index contributed by atoms with van der Waals surface area (Å²) in [6, 6.07) is 13.5. The number of hydrogen-bond acceptors (Lipinski definition) is 4. The van der Waals surface area contributed by atoms with Crippen LogP contribution in [0.4, 0.5) is 10.5 Å². The normalized spacial score (nSPS) is 15.0. The number of aromatic amines is 1. The lowest BCUT2D eigenvalue weighted by atomic mass is 10.0. The number of aromatic nitrogens is 2. The topological polar surface area (TPSA) is 81.7 Å². The van der Waals surface area contributed by atoms with Crippen molar-refractivity contribution in [3.8, 4) is 16.9 Å². The molecule has 3 aromatic rings. The Morgan fingerprint density at radius 1 is 1.23 bits per heavy atom. The fraction of sp³-hybridized carbons (Fsp3) is 0.304. The average Bonchev–Trinajstić information content (AvgIpc) is 3.42. The van der Waals surface area contributed by atoms with Crippen molar-refractivity contribution < 1.29 is 14.6 Å². The number of H-pyrrole nitrogens is 1. The zero-order valence-electron chi connectivity index (χ0n) is 17.2. The van der Waals surface area contributed by atoms with E-state index in [4.69, 9.17) is 4.74 Å². The Kier molecular flexibility index (Phi) is 5.72. The molecule has 156 valence electrons. The zero-order chi connectivity index (χ0) is 21.1. The van der Waals surface area contributed by atoms with Gasteiger partial charge in [0.25, 0.3) is 0 Å². The summed E-state index contributed by atoms with van der Waals surface area (Å²) in [6.45, 7) is 3.25. The molecule has 1 fully saturated rings. The first-order valence-electron chi connectivity index (χ1n) is 10.0. The van der Waals surface area contributed by atoms with E-state index in [9.17, 15) is 9.90 Å². The number of ether oxygens (including phenoxy) is 1. The van der Waals surface area contributed by atoms with E-state index in [1.807, 2.05) is 60.5 Å². The van der Waals surface area contributed by atoms with Crippen LogP contribution in [0.15, 0.2) is 54.9 Å². The van der Waals surface area contributed by atoms with Gasteiger partial charge in [-0.2, -0.15) is 5.10 Å². The first kappa shape index (κ1) is 20.0. The van der Waals surface area contributed by atoms with Crippen LogP contribution in [-0.4, -0.2) is 53.0 Å². The average molecular weight is 406 g/mol. The smallest absolute Gasteiger partial charge is 0.325 e. The summed E-state index contributed by atoms with van der Waals surface area (Å²) in [4.78, 5) is 16.9. The molecule has 30 heavy (non-hydrogen) atoms. The molecule has 2 amide bonds. The van der Waals surface area contributed by atoms with Crippen LogP contribution in [0.3, 0.4) is 0 Å². The largest absolute Gasteiger partial charge is 0.497 e. The predicted molar refractivity (Wildman–Crippen MR) is 116 cm³/mol. The number of aliphatic hydroxyl groups is 1. The fourth-order valence-electron chi connectivity index (χ4n) is 4.09. The molecule has 0 aliphatic carbocycles. The maximum atomic E-state index is 13.3. The third kappa shape index (κ3) is 3.76. The number of rotatable bonds is 7. The number of aryl methyl sites for hydroxylation is 1. The van der Waals surface area contributed by atoms with E-state index in [1.54, 1.807) is 18.2 Å². The van der Waals surface area contributed by atoms with Crippen LogP contribution in [0.2, 0.25) is 0 Å². The maximum absolute atomic E-state index is 13.3. The van der Waals surface area contributed by atoms with Crippen molar-refractivity contribution in [1.29, 1.82) is 0 Å². The quantitative estimate of drug-likeness (QED) is 0.626. The molecular weight excluding hydrogens is 380 g/mol. The van der Waals surface area contributed by atoms with Gasteiger partial charge >= 0.3 is 6.03 Å². The van der Waals surface area contributed by atoms with E-state index in [1.165, 1.54) is 0 Å². The minimum Gasteiger partial charge on any atom is -0.497 e. The molecular formula is C23H26N4O3. The van der Waals surface area contributed by atoms with Crippen molar-refractivity contribution in [3.05, 3.63) is 66.0 Å². The summed E-state index contributed by atoms with van der Waals surface area (Å²) in [6.07, 6.45) is 4.13. The fourth-order valence-corrected chi connectivity index (χ4v) is 4.09. The molecule has 1 atom stereocenters. The first-order chi connectivity index (χ1) is 14.6. The summed E-state index contributed by atoms with van der Waals surface area (Å²) in [5.41, 5.74) is 5.03. The van der Waals surface area contributed by atoms with E-state index in [-0.39, 0.29) is 18.7 Å². The van der Waals surface area contributed by atoms with E-state index in [0.29, 0.717) is 19.5 Å². The number of amides is 2.